The highest BCUT2D eigenvalue weighted by atomic mass is 35.5. The van der Waals surface area contributed by atoms with E-state index in [9.17, 15) is 9.18 Å². The second-order valence-electron chi connectivity index (χ2n) is 6.36. The van der Waals surface area contributed by atoms with Gasteiger partial charge >= 0.3 is 6.03 Å². The lowest BCUT2D eigenvalue weighted by Gasteiger charge is -2.34. The number of piperidine rings is 1. The summed E-state index contributed by atoms with van der Waals surface area (Å²) in [4.78, 5) is 18.8. The van der Waals surface area contributed by atoms with Crippen LogP contribution in [0, 0.1) is 5.82 Å². The summed E-state index contributed by atoms with van der Waals surface area (Å²) in [5.74, 6) is -0.442. The summed E-state index contributed by atoms with van der Waals surface area (Å²) in [7, 11) is 0. The Morgan fingerprint density at radius 3 is 2.77 bits per heavy atom. The molecule has 7 heteroatoms. The Kier molecular flexibility index (Phi) is 6.41. The van der Waals surface area contributed by atoms with Crippen LogP contribution in [0.2, 0.25) is 5.02 Å². The molecule has 1 aliphatic heterocycles. The van der Waals surface area contributed by atoms with Crippen LogP contribution in [0.15, 0.2) is 42.7 Å². The fraction of sp³-hybridized carbons (Fsp3) is 0.368. The Hall–Kier alpha value is -2.18. The van der Waals surface area contributed by atoms with Gasteiger partial charge in [-0.1, -0.05) is 24.1 Å². The normalized spacial score (nSPS) is 16.1. The number of halogens is 2. The quantitative estimate of drug-likeness (QED) is 0.821. The first kappa shape index (κ1) is 18.6. The molecular formula is C19H22ClFN4O. The molecule has 0 saturated carbocycles. The van der Waals surface area contributed by atoms with Gasteiger partial charge in [0, 0.05) is 18.9 Å². The van der Waals surface area contributed by atoms with Gasteiger partial charge in [-0.05, 0) is 55.8 Å². The second kappa shape index (κ2) is 8.96. The number of urea groups is 1. The van der Waals surface area contributed by atoms with Crippen molar-refractivity contribution in [1.82, 2.24) is 15.2 Å². The molecule has 1 fully saturated rings. The molecule has 2 N–H and O–H groups in total. The number of rotatable bonds is 5. The van der Waals surface area contributed by atoms with Crippen molar-refractivity contribution >= 4 is 23.3 Å². The molecule has 0 radical (unpaired) electrons. The minimum absolute atomic E-state index is 0.0680. The van der Waals surface area contributed by atoms with E-state index in [-0.39, 0.29) is 17.1 Å². The van der Waals surface area contributed by atoms with Crippen LogP contribution in [0.1, 0.15) is 30.9 Å². The Morgan fingerprint density at radius 1 is 1.27 bits per heavy atom. The number of hydrogen-bond acceptors (Lipinski definition) is 3. The summed E-state index contributed by atoms with van der Waals surface area (Å²) in [6.45, 7) is 2.47. The average Bonchev–Trinajstić information content (AvgIpc) is 2.66. The second-order valence-corrected chi connectivity index (χ2v) is 6.77. The van der Waals surface area contributed by atoms with Crippen molar-refractivity contribution in [3.8, 4) is 0 Å². The lowest BCUT2D eigenvalue weighted by Crippen LogP contribution is -2.41. The molecule has 138 valence electrons. The van der Waals surface area contributed by atoms with Crippen LogP contribution in [0.4, 0.5) is 14.9 Å². The van der Waals surface area contributed by atoms with E-state index in [0.717, 1.165) is 31.5 Å². The molecule has 0 aliphatic carbocycles. The van der Waals surface area contributed by atoms with Gasteiger partial charge < -0.3 is 10.6 Å². The highest BCUT2D eigenvalue weighted by molar-refractivity contribution is 6.33. The number of anilines is 1. The van der Waals surface area contributed by atoms with E-state index < -0.39 is 5.82 Å². The zero-order valence-electron chi connectivity index (χ0n) is 14.4. The highest BCUT2D eigenvalue weighted by Gasteiger charge is 2.23. The molecule has 5 nitrogen and oxygen atoms in total. The fourth-order valence-corrected chi connectivity index (χ4v) is 3.42. The Bertz CT molecular complexity index is 738. The summed E-state index contributed by atoms with van der Waals surface area (Å²) >= 11 is 5.95. The largest absolute Gasteiger partial charge is 0.336 e. The Labute approximate surface area is 157 Å². The molecule has 0 unspecified atom stereocenters. The predicted molar refractivity (Wildman–Crippen MR) is 101 cm³/mol. The van der Waals surface area contributed by atoms with Crippen LogP contribution in [-0.4, -0.2) is 35.5 Å². The average molecular weight is 377 g/mol. The number of aromatic nitrogens is 1. The third-order valence-electron chi connectivity index (χ3n) is 4.54. The minimum Gasteiger partial charge on any atom is -0.336 e. The number of carbonyl (C=O) groups is 1. The van der Waals surface area contributed by atoms with Gasteiger partial charge in [-0.25, -0.2) is 9.18 Å². The van der Waals surface area contributed by atoms with Crippen LogP contribution >= 0.6 is 11.6 Å². The van der Waals surface area contributed by atoms with Crippen molar-refractivity contribution in [3.05, 3.63) is 59.1 Å². The monoisotopic (exact) mass is 376 g/mol. The van der Waals surface area contributed by atoms with Gasteiger partial charge in [0.1, 0.15) is 5.82 Å². The highest BCUT2D eigenvalue weighted by Crippen LogP contribution is 2.24. The first-order valence-corrected chi connectivity index (χ1v) is 9.15. The molecular weight excluding hydrogens is 355 g/mol. The SMILES string of the molecule is O=C(NC[C@H](c1cccnc1)N1CCCCC1)Nc1ccc(F)cc1Cl. The van der Waals surface area contributed by atoms with E-state index >= 15 is 0 Å². The molecule has 3 rings (SSSR count). The van der Waals surface area contributed by atoms with Gasteiger partial charge in [0.2, 0.25) is 0 Å². The third kappa shape index (κ3) is 4.93. The molecule has 1 aliphatic rings. The number of amides is 2. The van der Waals surface area contributed by atoms with Crippen molar-refractivity contribution in [3.63, 3.8) is 0 Å². The zero-order chi connectivity index (χ0) is 18.4. The van der Waals surface area contributed by atoms with Gasteiger partial charge in [-0.3, -0.25) is 9.88 Å². The van der Waals surface area contributed by atoms with Gasteiger partial charge in [0.15, 0.2) is 0 Å². The van der Waals surface area contributed by atoms with E-state index in [4.69, 9.17) is 11.6 Å². The first-order valence-electron chi connectivity index (χ1n) is 8.77. The van der Waals surface area contributed by atoms with Crippen molar-refractivity contribution < 1.29 is 9.18 Å². The Balaban J connectivity index is 1.64. The summed E-state index contributed by atoms with van der Waals surface area (Å²) in [6, 6.07) is 7.51. The van der Waals surface area contributed by atoms with Crippen molar-refractivity contribution in [2.75, 3.05) is 25.0 Å². The van der Waals surface area contributed by atoms with Crippen LogP contribution < -0.4 is 10.6 Å². The van der Waals surface area contributed by atoms with E-state index in [0.29, 0.717) is 12.2 Å². The topological polar surface area (TPSA) is 57.3 Å². The van der Waals surface area contributed by atoms with Gasteiger partial charge in [0.05, 0.1) is 16.8 Å². The molecule has 1 aromatic heterocycles. The van der Waals surface area contributed by atoms with E-state index in [1.807, 2.05) is 18.3 Å². The number of hydrogen-bond donors (Lipinski definition) is 2. The van der Waals surface area contributed by atoms with Crippen LogP contribution in [0.5, 0.6) is 0 Å². The number of pyridine rings is 1. The van der Waals surface area contributed by atoms with E-state index in [1.165, 1.54) is 24.6 Å². The first-order chi connectivity index (χ1) is 12.6. The molecule has 0 bridgehead atoms. The summed E-state index contributed by atoms with van der Waals surface area (Å²) in [6.07, 6.45) is 7.15. The van der Waals surface area contributed by atoms with Crippen LogP contribution in [0.25, 0.3) is 0 Å². The number of likely N-dealkylation sites (tertiary alicyclic amines) is 1. The summed E-state index contributed by atoms with van der Waals surface area (Å²) in [5, 5.41) is 5.73. The molecule has 0 spiro atoms. The standard InChI is InChI=1S/C19H22ClFN4O/c20-16-11-15(21)6-7-17(16)24-19(26)23-13-18(14-5-4-8-22-12-14)25-9-2-1-3-10-25/h4-8,11-12,18H,1-3,9-10,13H2,(H2,23,24,26)/t18-/m1/s1. The number of carbonyl (C=O) groups excluding carboxylic acids is 1. The molecule has 2 amide bonds. The lowest BCUT2D eigenvalue weighted by atomic mass is 10.0. The van der Waals surface area contributed by atoms with Gasteiger partial charge in [-0.15, -0.1) is 0 Å². The van der Waals surface area contributed by atoms with Crippen LogP contribution in [0.3, 0.4) is 0 Å². The van der Waals surface area contributed by atoms with Crippen LogP contribution in [-0.2, 0) is 0 Å². The molecule has 2 aromatic rings. The molecule has 1 atom stereocenters. The molecule has 1 saturated heterocycles. The molecule has 1 aromatic carbocycles. The fourth-order valence-electron chi connectivity index (χ4n) is 3.21. The molecule has 26 heavy (non-hydrogen) atoms. The Morgan fingerprint density at radius 2 is 2.08 bits per heavy atom. The predicted octanol–water partition coefficient (Wildman–Crippen LogP) is 4.22. The number of benzene rings is 1. The van der Waals surface area contributed by atoms with Gasteiger partial charge in [-0.2, -0.15) is 0 Å². The van der Waals surface area contributed by atoms with Crippen molar-refractivity contribution in [2.45, 2.75) is 25.3 Å². The summed E-state index contributed by atoms with van der Waals surface area (Å²) < 4.78 is 13.1. The lowest BCUT2D eigenvalue weighted by molar-refractivity contribution is 0.161. The maximum absolute atomic E-state index is 13.1. The zero-order valence-corrected chi connectivity index (χ0v) is 15.2. The van der Waals surface area contributed by atoms with E-state index in [2.05, 4.69) is 20.5 Å². The van der Waals surface area contributed by atoms with Crippen molar-refractivity contribution in [1.29, 1.82) is 0 Å². The van der Waals surface area contributed by atoms with Gasteiger partial charge in [0.25, 0.3) is 0 Å². The number of nitrogens with one attached hydrogen (secondary N) is 2. The number of nitrogens with zero attached hydrogens (tertiary/aromatic N) is 2. The summed E-state index contributed by atoms with van der Waals surface area (Å²) in [5.41, 5.74) is 1.45. The molecule has 2 heterocycles. The van der Waals surface area contributed by atoms with E-state index in [1.54, 1.807) is 6.20 Å². The smallest absolute Gasteiger partial charge is 0.319 e. The van der Waals surface area contributed by atoms with Crippen molar-refractivity contribution in [2.24, 2.45) is 0 Å². The third-order valence-corrected chi connectivity index (χ3v) is 4.85. The maximum Gasteiger partial charge on any atom is 0.319 e. The maximum atomic E-state index is 13.1. The minimum atomic E-state index is -0.442.